The Morgan fingerprint density at radius 2 is 0.814 bits per heavy atom. The molecule has 0 spiro atoms. The normalized spacial score (nSPS) is 10.7. The van der Waals surface area contributed by atoms with E-state index in [1.807, 2.05) is 0 Å². The summed E-state index contributed by atoms with van der Waals surface area (Å²) in [5, 5.41) is 9.44. The number of rotatable bonds is 20. The van der Waals surface area contributed by atoms with Crippen LogP contribution >= 0.6 is 22.6 Å². The third-order valence-electron chi connectivity index (χ3n) is 8.43. The highest BCUT2D eigenvalue weighted by Crippen LogP contribution is 2.25. The van der Waals surface area contributed by atoms with Crippen molar-refractivity contribution in [2.24, 2.45) is 0 Å². The molecule has 2 heteroatoms. The molecule has 0 aliphatic rings. The summed E-state index contributed by atoms with van der Waals surface area (Å²) in [7, 11) is 0. The van der Waals surface area contributed by atoms with Gasteiger partial charge in [-0.25, -0.2) is 0 Å². The van der Waals surface area contributed by atoms with Crippen LogP contribution in [0.5, 0.6) is 0 Å². The number of unbranched alkanes of at least 4 members (excludes halogenated alkanes) is 12. The summed E-state index contributed by atoms with van der Waals surface area (Å²) in [6.07, 6.45) is 24.4. The van der Waals surface area contributed by atoms with E-state index in [2.05, 4.69) is 98.2 Å². The third-order valence-corrected chi connectivity index (χ3v) is 9.44. The molecule has 0 radical (unpaired) electrons. The van der Waals surface area contributed by atoms with Gasteiger partial charge in [-0.15, -0.1) is 0 Å². The van der Waals surface area contributed by atoms with Crippen LogP contribution in [0.15, 0.2) is 24.3 Å². The van der Waals surface area contributed by atoms with E-state index in [1.165, 1.54) is 140 Å². The van der Waals surface area contributed by atoms with Crippen LogP contribution in [-0.4, -0.2) is 11.7 Å². The van der Waals surface area contributed by atoms with E-state index in [1.54, 1.807) is 0 Å². The Labute approximate surface area is 279 Å². The van der Waals surface area contributed by atoms with E-state index in [0.29, 0.717) is 0 Å². The third kappa shape index (κ3) is 14.7. The average Bonchev–Trinajstić information content (AvgIpc) is 3.01. The van der Waals surface area contributed by atoms with Crippen molar-refractivity contribution < 1.29 is 5.11 Å². The highest BCUT2D eigenvalue weighted by Gasteiger charge is 2.11. The van der Waals surface area contributed by atoms with E-state index in [4.69, 9.17) is 0 Å². The standard InChI is InChI=1S/C41H59IO/c1-5-9-13-17-22-34-31-38(35(23-18-14-10-6-2)30-36(34)26-21-29-43)27-28-39-32-40(25-20-16-12-8-4)41(42)33-37(39)24-19-15-11-7-3/h30-33,43H,5-20,22-25,29H2,1-4H3. The van der Waals surface area contributed by atoms with Crippen LogP contribution in [0, 0.1) is 27.3 Å². The Bertz CT molecular complexity index is 1190. The Hall–Kier alpha value is -1.75. The van der Waals surface area contributed by atoms with Gasteiger partial charge >= 0.3 is 0 Å². The zero-order valence-corrected chi connectivity index (χ0v) is 30.1. The molecule has 1 N–H and O–H groups in total. The highest BCUT2D eigenvalue weighted by atomic mass is 127. The number of halogens is 1. The predicted molar refractivity (Wildman–Crippen MR) is 197 cm³/mol. The van der Waals surface area contributed by atoms with Gasteiger partial charge in [-0.1, -0.05) is 128 Å². The first-order chi connectivity index (χ1) is 21.1. The van der Waals surface area contributed by atoms with Gasteiger partial charge in [0, 0.05) is 20.3 Å². The molecule has 0 saturated heterocycles. The van der Waals surface area contributed by atoms with E-state index in [0.717, 1.165) is 31.2 Å². The SMILES string of the molecule is CCCCCCc1cc(C#Cc2cc(CCCCCC)c(C#CCO)cc2CCCCCC)c(CCCCCC)cc1I. The maximum absolute atomic E-state index is 9.44. The van der Waals surface area contributed by atoms with Crippen LogP contribution in [-0.2, 0) is 25.7 Å². The Morgan fingerprint density at radius 3 is 1.21 bits per heavy atom. The van der Waals surface area contributed by atoms with Crippen LogP contribution in [0.3, 0.4) is 0 Å². The lowest BCUT2D eigenvalue weighted by atomic mass is 9.92. The van der Waals surface area contributed by atoms with Crippen molar-refractivity contribution in [3.63, 3.8) is 0 Å². The molecule has 1 nitrogen and oxygen atoms in total. The van der Waals surface area contributed by atoms with Crippen LogP contribution < -0.4 is 0 Å². The molecular formula is C41H59IO. The van der Waals surface area contributed by atoms with Crippen molar-refractivity contribution in [2.45, 2.75) is 156 Å². The molecule has 0 aliphatic carbocycles. The lowest BCUT2D eigenvalue weighted by molar-refractivity contribution is 0.350. The molecule has 0 aromatic heterocycles. The number of hydrogen-bond acceptors (Lipinski definition) is 1. The average molecular weight is 695 g/mol. The molecule has 0 amide bonds. The van der Waals surface area contributed by atoms with Gasteiger partial charge in [0.05, 0.1) is 0 Å². The fraction of sp³-hybridized carbons (Fsp3) is 0.610. The van der Waals surface area contributed by atoms with Crippen molar-refractivity contribution in [1.29, 1.82) is 0 Å². The molecule has 0 heterocycles. The second-order valence-electron chi connectivity index (χ2n) is 12.2. The quantitative estimate of drug-likeness (QED) is 0.0831. The highest BCUT2D eigenvalue weighted by molar-refractivity contribution is 14.1. The van der Waals surface area contributed by atoms with Gasteiger partial charge in [0.1, 0.15) is 6.61 Å². The summed E-state index contributed by atoms with van der Waals surface area (Å²) in [4.78, 5) is 0. The summed E-state index contributed by atoms with van der Waals surface area (Å²) in [6, 6.07) is 9.49. The Morgan fingerprint density at radius 1 is 0.465 bits per heavy atom. The van der Waals surface area contributed by atoms with Crippen LogP contribution in [0.2, 0.25) is 0 Å². The van der Waals surface area contributed by atoms with E-state index in [-0.39, 0.29) is 6.61 Å². The Balaban J connectivity index is 2.53. The topological polar surface area (TPSA) is 20.2 Å². The van der Waals surface area contributed by atoms with Crippen LogP contribution in [0.25, 0.3) is 0 Å². The number of benzene rings is 2. The minimum absolute atomic E-state index is 0.0999. The van der Waals surface area contributed by atoms with Gasteiger partial charge in [-0.2, -0.15) is 0 Å². The zero-order chi connectivity index (χ0) is 31.1. The van der Waals surface area contributed by atoms with Gasteiger partial charge in [-0.05, 0) is 120 Å². The summed E-state index contributed by atoms with van der Waals surface area (Å²) in [6.45, 7) is 9.00. The molecule has 2 aromatic carbocycles. The van der Waals surface area contributed by atoms with Crippen molar-refractivity contribution >= 4 is 22.6 Å². The summed E-state index contributed by atoms with van der Waals surface area (Å²) in [5.41, 5.74) is 8.98. The monoisotopic (exact) mass is 694 g/mol. The van der Waals surface area contributed by atoms with Gasteiger partial charge in [0.15, 0.2) is 0 Å². The second kappa shape index (κ2) is 23.6. The van der Waals surface area contributed by atoms with E-state index in [9.17, 15) is 5.11 Å². The minimum Gasteiger partial charge on any atom is -0.384 e. The molecule has 0 saturated carbocycles. The molecule has 0 atom stereocenters. The first kappa shape index (κ1) is 37.4. The molecule has 43 heavy (non-hydrogen) atoms. The Kier molecular flexibility index (Phi) is 20.6. The molecule has 0 unspecified atom stereocenters. The van der Waals surface area contributed by atoms with Gasteiger partial charge in [0.25, 0.3) is 0 Å². The first-order valence-electron chi connectivity index (χ1n) is 17.7. The maximum Gasteiger partial charge on any atom is 0.104 e. The smallest absolute Gasteiger partial charge is 0.104 e. The lowest BCUT2D eigenvalue weighted by Gasteiger charge is -2.13. The fourth-order valence-electron chi connectivity index (χ4n) is 5.75. The molecular weight excluding hydrogens is 635 g/mol. The van der Waals surface area contributed by atoms with Crippen LogP contribution in [0.4, 0.5) is 0 Å². The van der Waals surface area contributed by atoms with E-state index >= 15 is 0 Å². The van der Waals surface area contributed by atoms with Crippen molar-refractivity contribution in [3.8, 4) is 23.7 Å². The van der Waals surface area contributed by atoms with E-state index < -0.39 is 0 Å². The summed E-state index contributed by atoms with van der Waals surface area (Å²) >= 11 is 2.56. The number of aliphatic hydroxyl groups is 1. The van der Waals surface area contributed by atoms with Crippen molar-refractivity contribution in [3.05, 3.63) is 66.8 Å². The largest absolute Gasteiger partial charge is 0.384 e. The molecule has 0 aliphatic heterocycles. The summed E-state index contributed by atoms with van der Waals surface area (Å²) in [5.74, 6) is 13.6. The molecule has 0 bridgehead atoms. The molecule has 236 valence electrons. The fourth-order valence-corrected chi connectivity index (χ4v) is 6.55. The zero-order valence-electron chi connectivity index (χ0n) is 28.0. The summed E-state index contributed by atoms with van der Waals surface area (Å²) < 4.78 is 1.41. The lowest BCUT2D eigenvalue weighted by Crippen LogP contribution is -2.00. The number of aryl methyl sites for hydroxylation is 4. The first-order valence-corrected chi connectivity index (χ1v) is 18.7. The predicted octanol–water partition coefficient (Wildman–Crippen LogP) is 11.5. The van der Waals surface area contributed by atoms with Gasteiger partial charge < -0.3 is 5.11 Å². The molecule has 2 rings (SSSR count). The van der Waals surface area contributed by atoms with Crippen molar-refractivity contribution in [1.82, 2.24) is 0 Å². The van der Waals surface area contributed by atoms with Gasteiger partial charge in [-0.3, -0.25) is 0 Å². The second-order valence-corrected chi connectivity index (χ2v) is 13.4. The number of aliphatic hydroxyl groups excluding tert-OH is 1. The van der Waals surface area contributed by atoms with Gasteiger partial charge in [0.2, 0.25) is 0 Å². The maximum atomic E-state index is 9.44. The number of hydrogen-bond donors (Lipinski definition) is 1. The molecule has 2 aromatic rings. The molecule has 0 fully saturated rings. The van der Waals surface area contributed by atoms with Crippen molar-refractivity contribution in [2.75, 3.05) is 6.61 Å². The van der Waals surface area contributed by atoms with Crippen LogP contribution in [0.1, 0.15) is 169 Å². The minimum atomic E-state index is -0.0999.